The van der Waals surface area contributed by atoms with Crippen LogP contribution in [0, 0.1) is 13.8 Å². The Morgan fingerprint density at radius 2 is 1.33 bits per heavy atom. The van der Waals surface area contributed by atoms with Crippen molar-refractivity contribution < 1.29 is 23.7 Å². The highest BCUT2D eigenvalue weighted by Crippen LogP contribution is 2.35. The van der Waals surface area contributed by atoms with Gasteiger partial charge in [-0.3, -0.25) is 15.0 Å². The summed E-state index contributed by atoms with van der Waals surface area (Å²) in [6.45, 7) is 7.61. The standard InChI is InChI=1S/C19H20N4O2.C14H16N2O.C5H6N2O2/c1-3-14-9-18(23-25-14)13-4-6-15-12(8-13)5-7-17(15)21-19(24)16-10-20-22-11(16)2;1-2-11-8-14(16-17-11)10-3-5-12-9(7-10)4-6-13(12)15;1-3-4(5(8)9)2-6-7-3/h4,6,8-10,17H,3,5,7H2,1-2H3,(H,20,22)(H,21,24);3,5,7-8,13H,2,4,6,15H2,1H3;2H,1H3,(H,6,7)(H,8,9)/t17-;13-;/m11./s1. The van der Waals surface area contributed by atoms with Crippen LogP contribution in [-0.2, 0) is 25.7 Å². The number of rotatable bonds is 7. The van der Waals surface area contributed by atoms with E-state index in [0.29, 0.717) is 11.3 Å². The number of hydrogen-bond acceptors (Lipinski definition) is 9. The molecular weight excluding hydrogens is 648 g/mol. The molecule has 51 heavy (non-hydrogen) atoms. The van der Waals surface area contributed by atoms with Gasteiger partial charge in [0, 0.05) is 53.5 Å². The van der Waals surface area contributed by atoms with Crippen molar-refractivity contribution in [3.05, 3.63) is 117 Å². The van der Waals surface area contributed by atoms with Crippen LogP contribution >= 0.6 is 0 Å². The van der Waals surface area contributed by atoms with Gasteiger partial charge in [-0.15, -0.1) is 0 Å². The zero-order chi connectivity index (χ0) is 36.1. The van der Waals surface area contributed by atoms with Gasteiger partial charge in [-0.05, 0) is 73.9 Å². The first-order valence-electron chi connectivity index (χ1n) is 17.1. The largest absolute Gasteiger partial charge is 0.478 e. The number of carbonyl (C=O) groups is 2. The van der Waals surface area contributed by atoms with Crippen LogP contribution in [0.25, 0.3) is 22.5 Å². The number of H-pyrrole nitrogens is 2. The summed E-state index contributed by atoms with van der Waals surface area (Å²) in [5.41, 5.74) is 17.3. The lowest BCUT2D eigenvalue weighted by Crippen LogP contribution is -2.27. The molecule has 13 heteroatoms. The van der Waals surface area contributed by atoms with Crippen molar-refractivity contribution in [2.45, 2.75) is 78.3 Å². The molecule has 6 N–H and O–H groups in total. The predicted octanol–water partition coefficient (Wildman–Crippen LogP) is 6.62. The third-order valence-corrected chi connectivity index (χ3v) is 9.33. The number of hydrogen-bond donors (Lipinski definition) is 5. The van der Waals surface area contributed by atoms with Gasteiger partial charge in [0.1, 0.15) is 28.5 Å². The molecule has 2 aromatic carbocycles. The highest BCUT2D eigenvalue weighted by atomic mass is 16.5. The van der Waals surface area contributed by atoms with Gasteiger partial charge in [0.15, 0.2) is 0 Å². The smallest absolute Gasteiger partial charge is 0.339 e. The lowest BCUT2D eigenvalue weighted by molar-refractivity contribution is 0.0695. The summed E-state index contributed by atoms with van der Waals surface area (Å²) >= 11 is 0. The van der Waals surface area contributed by atoms with E-state index in [2.05, 4.69) is 73.3 Å². The molecule has 2 aliphatic carbocycles. The second-order valence-electron chi connectivity index (χ2n) is 12.7. The van der Waals surface area contributed by atoms with Crippen LogP contribution in [0.3, 0.4) is 0 Å². The molecule has 0 unspecified atom stereocenters. The summed E-state index contributed by atoms with van der Waals surface area (Å²) in [6.07, 6.45) is 8.54. The summed E-state index contributed by atoms with van der Waals surface area (Å²) in [6, 6.07) is 16.9. The van der Waals surface area contributed by atoms with E-state index < -0.39 is 5.97 Å². The molecule has 0 spiro atoms. The molecule has 0 saturated heterocycles. The monoisotopic (exact) mass is 690 g/mol. The molecule has 0 saturated carbocycles. The van der Waals surface area contributed by atoms with E-state index in [9.17, 15) is 9.59 Å². The Hall–Kier alpha value is -5.82. The number of aryl methyl sites for hydroxylation is 6. The first kappa shape index (κ1) is 35.0. The van der Waals surface area contributed by atoms with E-state index in [4.69, 9.17) is 19.9 Å². The van der Waals surface area contributed by atoms with Crippen molar-refractivity contribution >= 4 is 11.9 Å². The number of carbonyl (C=O) groups excluding carboxylic acids is 1. The molecule has 264 valence electrons. The topological polar surface area (TPSA) is 202 Å². The van der Waals surface area contributed by atoms with Gasteiger partial charge in [0.2, 0.25) is 0 Å². The van der Waals surface area contributed by atoms with Crippen LogP contribution in [0.4, 0.5) is 0 Å². The van der Waals surface area contributed by atoms with Gasteiger partial charge in [-0.25, -0.2) is 4.79 Å². The van der Waals surface area contributed by atoms with E-state index in [1.54, 1.807) is 13.1 Å². The fourth-order valence-electron chi connectivity index (χ4n) is 6.35. The van der Waals surface area contributed by atoms with Gasteiger partial charge < -0.3 is 25.2 Å². The zero-order valence-corrected chi connectivity index (χ0v) is 29.1. The third-order valence-electron chi connectivity index (χ3n) is 9.33. The Morgan fingerprint density at radius 3 is 1.82 bits per heavy atom. The molecule has 0 radical (unpaired) electrons. The number of carboxylic acids is 1. The fourth-order valence-corrected chi connectivity index (χ4v) is 6.35. The summed E-state index contributed by atoms with van der Waals surface area (Å²) < 4.78 is 10.5. The van der Waals surface area contributed by atoms with Crippen LogP contribution in [0.1, 0.15) is 105 Å². The molecular formula is C38H42N8O5. The Kier molecular flexibility index (Phi) is 10.6. The Morgan fingerprint density at radius 1 is 0.804 bits per heavy atom. The predicted molar refractivity (Wildman–Crippen MR) is 190 cm³/mol. The average molecular weight is 691 g/mol. The van der Waals surface area contributed by atoms with Crippen molar-refractivity contribution in [3.8, 4) is 22.5 Å². The number of benzene rings is 2. The fraction of sp³-hybridized carbons (Fsp3) is 0.316. The van der Waals surface area contributed by atoms with Gasteiger partial charge in [0.25, 0.3) is 5.91 Å². The first-order valence-corrected chi connectivity index (χ1v) is 17.1. The molecule has 8 rings (SSSR count). The molecule has 0 fully saturated rings. The maximum Gasteiger partial charge on any atom is 0.339 e. The Balaban J connectivity index is 0.000000148. The summed E-state index contributed by atoms with van der Waals surface area (Å²) in [5.74, 6) is 0.784. The summed E-state index contributed by atoms with van der Waals surface area (Å²) in [7, 11) is 0. The molecule has 4 aromatic heterocycles. The maximum atomic E-state index is 12.4. The van der Waals surface area contributed by atoms with Crippen LogP contribution in [0.15, 0.2) is 70.0 Å². The lowest BCUT2D eigenvalue weighted by Gasteiger charge is -2.14. The number of fused-ring (bicyclic) bond motifs is 2. The average Bonchev–Trinajstić information content (AvgIpc) is 3.99. The number of carboxylic acid groups (broad SMARTS) is 1. The van der Waals surface area contributed by atoms with Crippen LogP contribution < -0.4 is 11.1 Å². The van der Waals surface area contributed by atoms with Crippen LogP contribution in [0.5, 0.6) is 0 Å². The highest BCUT2D eigenvalue weighted by Gasteiger charge is 2.26. The SMILES string of the molecule is CCc1cc(-c2ccc3c(c2)CC[C@H]3N)no1.CCc1cc(-c2ccc3c(c2)CC[C@H]3NC(=O)c2cn[nH]c2C)no1.Cc1[nH]ncc1C(=O)O. The van der Waals surface area contributed by atoms with E-state index in [0.717, 1.165) is 78.3 Å². The van der Waals surface area contributed by atoms with Crippen molar-refractivity contribution in [2.24, 2.45) is 5.73 Å². The highest BCUT2D eigenvalue weighted by molar-refractivity contribution is 5.95. The number of nitrogens with two attached hydrogens (primary N) is 1. The molecule has 2 aliphatic rings. The van der Waals surface area contributed by atoms with Crippen molar-refractivity contribution in [1.29, 1.82) is 0 Å². The molecule has 2 atom stereocenters. The zero-order valence-electron chi connectivity index (χ0n) is 29.1. The molecule has 6 aromatic rings. The second kappa shape index (κ2) is 15.4. The number of aromatic nitrogens is 6. The van der Waals surface area contributed by atoms with E-state index in [1.807, 2.05) is 32.0 Å². The van der Waals surface area contributed by atoms with E-state index in [1.165, 1.54) is 28.5 Å². The van der Waals surface area contributed by atoms with E-state index in [-0.39, 0.29) is 23.6 Å². The normalized spacial score (nSPS) is 15.6. The minimum Gasteiger partial charge on any atom is -0.478 e. The van der Waals surface area contributed by atoms with Gasteiger partial charge in [0.05, 0.1) is 24.0 Å². The number of aromatic carboxylic acids is 1. The maximum absolute atomic E-state index is 12.4. The van der Waals surface area contributed by atoms with Crippen molar-refractivity contribution in [1.82, 2.24) is 36.0 Å². The van der Waals surface area contributed by atoms with Gasteiger partial charge in [-0.2, -0.15) is 10.2 Å². The quantitative estimate of drug-likeness (QED) is 0.121. The lowest BCUT2D eigenvalue weighted by atomic mass is 10.0. The van der Waals surface area contributed by atoms with Crippen LogP contribution in [-0.4, -0.2) is 47.7 Å². The van der Waals surface area contributed by atoms with Crippen molar-refractivity contribution in [3.63, 3.8) is 0 Å². The number of nitrogens with zero attached hydrogens (tertiary/aromatic N) is 4. The summed E-state index contributed by atoms with van der Waals surface area (Å²) in [4.78, 5) is 22.6. The molecule has 0 aliphatic heterocycles. The number of amides is 1. The number of nitrogens with one attached hydrogen (secondary N) is 3. The minimum absolute atomic E-state index is 0.0364. The molecule has 0 bridgehead atoms. The third kappa shape index (κ3) is 7.83. The molecule has 4 heterocycles. The van der Waals surface area contributed by atoms with Crippen molar-refractivity contribution in [2.75, 3.05) is 0 Å². The number of aromatic amines is 2. The van der Waals surface area contributed by atoms with Crippen LogP contribution in [0.2, 0.25) is 0 Å². The molecule has 1 amide bonds. The second-order valence-corrected chi connectivity index (χ2v) is 12.7. The first-order chi connectivity index (χ1) is 24.6. The summed E-state index contributed by atoms with van der Waals surface area (Å²) in [5, 5.41) is 32.5. The molecule has 13 nitrogen and oxygen atoms in total. The van der Waals surface area contributed by atoms with Gasteiger partial charge in [-0.1, -0.05) is 48.4 Å². The van der Waals surface area contributed by atoms with E-state index >= 15 is 0 Å². The Labute approximate surface area is 295 Å². The Bertz CT molecular complexity index is 2140. The minimum atomic E-state index is -0.943. The van der Waals surface area contributed by atoms with Gasteiger partial charge >= 0.3 is 5.97 Å².